The van der Waals surface area contributed by atoms with Crippen molar-refractivity contribution in [2.24, 2.45) is 40.6 Å². The van der Waals surface area contributed by atoms with Crippen molar-refractivity contribution in [1.82, 2.24) is 10.4 Å². The van der Waals surface area contributed by atoms with Gasteiger partial charge in [-0.25, -0.2) is 5.01 Å². The van der Waals surface area contributed by atoms with Crippen LogP contribution in [-0.4, -0.2) is 45.0 Å². The zero-order chi connectivity index (χ0) is 15.3. The molecule has 4 nitrogen and oxygen atoms in total. The van der Waals surface area contributed by atoms with Gasteiger partial charge in [0.2, 0.25) is 0 Å². The van der Waals surface area contributed by atoms with Crippen LogP contribution < -0.4 is 5.43 Å². The van der Waals surface area contributed by atoms with Gasteiger partial charge >= 0.3 is 0 Å². The fourth-order valence-electron chi connectivity index (χ4n) is 7.69. The largest absolute Gasteiger partial charge is 0.217 e. The maximum Gasteiger partial charge on any atom is 0.186 e. The molecule has 3 aliphatic carbocycles. The fourth-order valence-corrected chi connectivity index (χ4v) is 7.69. The summed E-state index contributed by atoms with van der Waals surface area (Å²) in [5.41, 5.74) is 5.65. The second-order valence-corrected chi connectivity index (χ2v) is 10.7. The Morgan fingerprint density at radius 2 is 1.45 bits per heavy atom. The van der Waals surface area contributed by atoms with Crippen LogP contribution in [-0.2, 0) is 0 Å². The minimum Gasteiger partial charge on any atom is -0.217 e. The maximum atomic E-state index is 5.30. The minimum absolute atomic E-state index is 0.171. The lowest BCUT2D eigenvalue weighted by atomic mass is 9.55. The highest BCUT2D eigenvalue weighted by molar-refractivity contribution is 5.34. The first kappa shape index (κ1) is 12.9. The molecule has 3 aliphatic heterocycles. The molecule has 4 fully saturated rings. The monoisotopic (exact) mass is 300 g/mol. The van der Waals surface area contributed by atoms with Gasteiger partial charge in [-0.2, -0.15) is 5.43 Å². The molecule has 0 N–H and O–H groups in total. The van der Waals surface area contributed by atoms with E-state index in [4.69, 9.17) is 10.5 Å². The van der Waals surface area contributed by atoms with Crippen molar-refractivity contribution in [2.45, 2.75) is 76.8 Å². The van der Waals surface area contributed by atoms with Crippen LogP contribution in [0.25, 0.3) is 0 Å². The maximum absolute atomic E-state index is 5.30. The molecule has 3 heterocycles. The lowest BCUT2D eigenvalue weighted by molar-refractivity contribution is -0.718. The van der Waals surface area contributed by atoms with Crippen LogP contribution in [0.15, 0.2) is 5.11 Å². The van der Waals surface area contributed by atoms with Crippen LogP contribution in [0.4, 0.5) is 0 Å². The third kappa shape index (κ3) is 1.06. The van der Waals surface area contributed by atoms with E-state index >= 15 is 0 Å². The first-order valence-corrected chi connectivity index (χ1v) is 9.21. The summed E-state index contributed by atoms with van der Waals surface area (Å²) in [4.78, 5) is 0. The van der Waals surface area contributed by atoms with Gasteiger partial charge in [0.15, 0.2) is 11.6 Å². The number of rotatable bonds is 0. The molecule has 3 saturated carbocycles. The first-order valence-electron chi connectivity index (χ1n) is 9.21. The molecular formula is C18H28N4+. The quantitative estimate of drug-likeness (QED) is 0.631. The number of nitrogens with zero attached hydrogens (tertiary/aromatic N) is 4. The Labute approximate surface area is 133 Å². The van der Waals surface area contributed by atoms with Gasteiger partial charge in [0.1, 0.15) is 6.04 Å². The standard InChI is InChI=1S/C18H28N4/c1-17(2,3)21-15-9-7-10-8(9)14-11(15)12(13(7)19-21)16(10)22(20-14)18(4,5)6/h7-16H,1-6H3/q+1/t7?,8?,9?,10?,11-,12-,13-,14-,15+,16?/m0/s1. The number of hydrogen-bond donors (Lipinski definition) is 0. The number of fused-ring (bicyclic) bond motifs is 3. The molecule has 4 heteroatoms. The lowest BCUT2D eigenvalue weighted by Gasteiger charge is -2.60. The minimum atomic E-state index is 0.171. The average Bonchev–Trinajstić information content (AvgIpc) is 2.73. The van der Waals surface area contributed by atoms with Crippen molar-refractivity contribution in [3.05, 3.63) is 0 Å². The summed E-state index contributed by atoms with van der Waals surface area (Å²) >= 11 is 0. The van der Waals surface area contributed by atoms with Gasteiger partial charge in [0, 0.05) is 56.0 Å². The van der Waals surface area contributed by atoms with Crippen molar-refractivity contribution < 1.29 is 4.70 Å². The molecule has 0 aromatic carbocycles. The Morgan fingerprint density at radius 1 is 0.773 bits per heavy atom. The molecule has 1 saturated heterocycles. The molecule has 0 aromatic rings. The van der Waals surface area contributed by atoms with E-state index in [1.54, 1.807) is 0 Å². The van der Waals surface area contributed by atoms with Crippen LogP contribution in [0.2, 0.25) is 0 Å². The predicted octanol–water partition coefficient (Wildman–Crippen LogP) is 2.12. The van der Waals surface area contributed by atoms with Crippen molar-refractivity contribution in [1.29, 1.82) is 0 Å². The Hall–Kier alpha value is -0.480. The highest BCUT2D eigenvalue weighted by Gasteiger charge is 2.89. The molecule has 5 unspecified atom stereocenters. The van der Waals surface area contributed by atoms with Crippen LogP contribution in [0.5, 0.6) is 0 Å². The summed E-state index contributed by atoms with van der Waals surface area (Å²) in [6.45, 7) is 14.0. The normalized spacial score (nSPS) is 60.2. The molecule has 6 aliphatic rings. The highest BCUT2D eigenvalue weighted by Crippen LogP contribution is 2.78. The average molecular weight is 300 g/mol. The van der Waals surface area contributed by atoms with Crippen LogP contribution in [0, 0.1) is 35.5 Å². The molecular weight excluding hydrogens is 272 g/mol. The summed E-state index contributed by atoms with van der Waals surface area (Å²) in [5.74, 6) is 5.21. The van der Waals surface area contributed by atoms with Crippen molar-refractivity contribution in [2.75, 3.05) is 0 Å². The summed E-state index contributed by atoms with van der Waals surface area (Å²) < 4.78 is 2.52. The van der Waals surface area contributed by atoms with E-state index in [-0.39, 0.29) is 11.1 Å². The third-order valence-electron chi connectivity index (χ3n) is 7.83. The molecule has 10 atom stereocenters. The van der Waals surface area contributed by atoms with E-state index in [2.05, 4.69) is 51.2 Å². The van der Waals surface area contributed by atoms with E-state index in [1.807, 2.05) is 0 Å². The summed E-state index contributed by atoms with van der Waals surface area (Å²) in [5, 5.41) is 7.83. The van der Waals surface area contributed by atoms with Gasteiger partial charge < -0.3 is 0 Å². The predicted molar refractivity (Wildman–Crippen MR) is 82.3 cm³/mol. The molecule has 0 aromatic heterocycles. The number of azo groups is 2. The molecule has 119 valence electrons. The summed E-state index contributed by atoms with van der Waals surface area (Å²) in [7, 11) is 0. The van der Waals surface area contributed by atoms with Gasteiger partial charge in [-0.3, -0.25) is 0 Å². The van der Waals surface area contributed by atoms with Crippen molar-refractivity contribution in [3.63, 3.8) is 0 Å². The van der Waals surface area contributed by atoms with Crippen molar-refractivity contribution >= 4 is 0 Å². The molecule has 0 amide bonds. The molecule has 0 spiro atoms. The smallest absolute Gasteiger partial charge is 0.186 e. The van der Waals surface area contributed by atoms with Crippen LogP contribution >= 0.6 is 0 Å². The Bertz CT molecular complexity index is 612. The fraction of sp³-hybridized carbons (Fsp3) is 1.00. The van der Waals surface area contributed by atoms with Crippen LogP contribution in [0.1, 0.15) is 41.5 Å². The Morgan fingerprint density at radius 3 is 2.09 bits per heavy atom. The van der Waals surface area contributed by atoms with Gasteiger partial charge in [-0.15, -0.1) is 4.70 Å². The second-order valence-electron chi connectivity index (χ2n) is 10.7. The van der Waals surface area contributed by atoms with Gasteiger partial charge in [-0.05, 0) is 37.7 Å². The van der Waals surface area contributed by atoms with E-state index < -0.39 is 0 Å². The van der Waals surface area contributed by atoms with E-state index in [0.29, 0.717) is 24.2 Å². The molecule has 22 heavy (non-hydrogen) atoms. The van der Waals surface area contributed by atoms with Crippen LogP contribution in [0.3, 0.4) is 0 Å². The lowest BCUT2D eigenvalue weighted by Crippen LogP contribution is -2.72. The molecule has 2 bridgehead atoms. The topological polar surface area (TPSA) is 32.7 Å². The van der Waals surface area contributed by atoms with E-state index in [9.17, 15) is 0 Å². The summed E-state index contributed by atoms with van der Waals surface area (Å²) in [6.07, 6.45) is 0. The Balaban J connectivity index is 1.51. The second kappa shape index (κ2) is 3.19. The van der Waals surface area contributed by atoms with Crippen molar-refractivity contribution in [3.8, 4) is 0 Å². The van der Waals surface area contributed by atoms with E-state index in [1.165, 1.54) is 0 Å². The molecule has 1 radical (unpaired) electrons. The third-order valence-corrected chi connectivity index (χ3v) is 7.83. The highest BCUT2D eigenvalue weighted by atomic mass is 15.6. The molecule has 6 rings (SSSR count). The van der Waals surface area contributed by atoms with E-state index in [0.717, 1.165) is 35.5 Å². The zero-order valence-corrected chi connectivity index (χ0v) is 14.6. The number of hydrogen-bond acceptors (Lipinski definition) is 2. The Kier molecular flexibility index (Phi) is 1.87. The summed E-state index contributed by atoms with van der Waals surface area (Å²) in [6, 6.07) is 2.61. The van der Waals surface area contributed by atoms with Gasteiger partial charge in [-0.1, -0.05) is 0 Å². The van der Waals surface area contributed by atoms with Gasteiger partial charge in [0.25, 0.3) is 0 Å². The first-order chi connectivity index (χ1) is 10.2. The zero-order valence-electron chi connectivity index (χ0n) is 14.6. The SMILES string of the molecule is CC(C)(C)N1[N][C@H]2C3C4C5C3[C@@H]3[C@H]2[C@H](C41)[C@H]5N=[N+]3C(C)(C)C. The van der Waals surface area contributed by atoms with Gasteiger partial charge in [0.05, 0.1) is 6.04 Å².